The summed E-state index contributed by atoms with van der Waals surface area (Å²) in [5.41, 5.74) is 1.53. The van der Waals surface area contributed by atoms with E-state index in [4.69, 9.17) is 14.6 Å². The van der Waals surface area contributed by atoms with Crippen molar-refractivity contribution in [1.29, 1.82) is 0 Å². The topological polar surface area (TPSA) is 55.8 Å². The van der Waals surface area contributed by atoms with Crippen molar-refractivity contribution in [2.75, 3.05) is 13.7 Å². The minimum Gasteiger partial charge on any atom is -0.493 e. The zero-order chi connectivity index (χ0) is 14.2. The van der Waals surface area contributed by atoms with Crippen molar-refractivity contribution in [3.63, 3.8) is 0 Å². The highest BCUT2D eigenvalue weighted by atomic mass is 79.9. The van der Waals surface area contributed by atoms with Crippen LogP contribution in [0, 0.1) is 0 Å². The lowest BCUT2D eigenvalue weighted by Gasteiger charge is -2.26. The average molecular weight is 329 g/mol. The van der Waals surface area contributed by atoms with Gasteiger partial charge >= 0.3 is 5.97 Å². The fraction of sp³-hybridized carbons (Fsp3) is 0.500. The Morgan fingerprint density at radius 1 is 1.58 bits per heavy atom. The molecule has 0 aliphatic carbocycles. The van der Waals surface area contributed by atoms with Gasteiger partial charge in [0, 0.05) is 21.9 Å². The molecule has 1 N–H and O–H groups in total. The molecule has 19 heavy (non-hydrogen) atoms. The molecule has 0 spiro atoms. The molecule has 1 aromatic rings. The van der Waals surface area contributed by atoms with Gasteiger partial charge in [0.1, 0.15) is 0 Å². The smallest absolute Gasteiger partial charge is 0.304 e. The first-order valence-corrected chi connectivity index (χ1v) is 6.90. The van der Waals surface area contributed by atoms with Gasteiger partial charge in [-0.1, -0.05) is 29.8 Å². The molecule has 0 fully saturated rings. The van der Waals surface area contributed by atoms with Gasteiger partial charge in [0.25, 0.3) is 0 Å². The third-order valence-electron chi connectivity index (χ3n) is 3.42. The lowest BCUT2D eigenvalue weighted by molar-refractivity contribution is -0.138. The van der Waals surface area contributed by atoms with Crippen molar-refractivity contribution in [3.05, 3.63) is 21.7 Å². The number of rotatable bonds is 4. The van der Waals surface area contributed by atoms with Crippen molar-refractivity contribution in [3.8, 4) is 11.5 Å². The summed E-state index contributed by atoms with van der Waals surface area (Å²) in [4.78, 5) is 11.0. The van der Waals surface area contributed by atoms with Crippen LogP contribution < -0.4 is 9.47 Å². The molecule has 0 bridgehead atoms. The summed E-state index contributed by atoms with van der Waals surface area (Å²) < 4.78 is 11.9. The Morgan fingerprint density at radius 3 is 2.84 bits per heavy atom. The zero-order valence-electron chi connectivity index (χ0n) is 11.2. The minimum absolute atomic E-state index is 0.0639. The SMILES string of the molecule is COc1cc(C(C)(C)CC(=O)O)c(Br)c2c1OCC2. The normalized spacial score (nSPS) is 13.9. The zero-order valence-corrected chi connectivity index (χ0v) is 12.8. The van der Waals surface area contributed by atoms with Gasteiger partial charge in [0.15, 0.2) is 11.5 Å². The lowest BCUT2D eigenvalue weighted by Crippen LogP contribution is -2.22. The second-order valence-electron chi connectivity index (χ2n) is 5.30. The van der Waals surface area contributed by atoms with E-state index in [2.05, 4.69) is 15.9 Å². The Kier molecular flexibility index (Phi) is 3.76. The van der Waals surface area contributed by atoms with E-state index in [-0.39, 0.29) is 6.42 Å². The van der Waals surface area contributed by atoms with Crippen LogP contribution in [0.3, 0.4) is 0 Å². The standard InChI is InChI=1S/C14H17BrO4/c1-14(2,7-11(16)17)9-6-10(18-3)13-8(12(9)15)4-5-19-13/h6H,4-5,7H2,1-3H3,(H,16,17). The molecule has 1 aliphatic heterocycles. The molecule has 0 atom stereocenters. The van der Waals surface area contributed by atoms with Gasteiger partial charge < -0.3 is 14.6 Å². The molecule has 0 radical (unpaired) electrons. The predicted molar refractivity (Wildman–Crippen MR) is 75.2 cm³/mol. The molecule has 5 heteroatoms. The molecule has 0 aromatic heterocycles. The molecule has 104 valence electrons. The summed E-state index contributed by atoms with van der Waals surface area (Å²) in [6.07, 6.45) is 0.873. The number of methoxy groups -OCH3 is 1. The molecule has 1 heterocycles. The van der Waals surface area contributed by atoms with Gasteiger partial charge in [0.2, 0.25) is 0 Å². The molecule has 0 amide bonds. The van der Waals surface area contributed by atoms with E-state index in [1.807, 2.05) is 19.9 Å². The van der Waals surface area contributed by atoms with Crippen molar-refractivity contribution in [2.24, 2.45) is 0 Å². The summed E-state index contributed by atoms with van der Waals surface area (Å²) >= 11 is 3.59. The van der Waals surface area contributed by atoms with Crippen LogP contribution in [0.5, 0.6) is 11.5 Å². The van der Waals surface area contributed by atoms with E-state index in [1.165, 1.54) is 0 Å². The lowest BCUT2D eigenvalue weighted by atomic mass is 9.80. The number of hydrogen-bond donors (Lipinski definition) is 1. The maximum Gasteiger partial charge on any atom is 0.304 e. The van der Waals surface area contributed by atoms with E-state index >= 15 is 0 Å². The van der Waals surface area contributed by atoms with Crippen LogP contribution in [0.25, 0.3) is 0 Å². The number of carboxylic acids is 1. The Morgan fingerprint density at radius 2 is 2.26 bits per heavy atom. The quantitative estimate of drug-likeness (QED) is 0.922. The Labute approximate surface area is 120 Å². The Bertz CT molecular complexity index is 523. The van der Waals surface area contributed by atoms with Crippen LogP contribution in [0.2, 0.25) is 0 Å². The fourth-order valence-corrected chi connectivity index (χ4v) is 3.45. The van der Waals surface area contributed by atoms with E-state index in [9.17, 15) is 4.79 Å². The summed E-state index contributed by atoms with van der Waals surface area (Å²) in [5, 5.41) is 9.05. The number of hydrogen-bond acceptors (Lipinski definition) is 3. The van der Waals surface area contributed by atoms with Gasteiger partial charge in [0.05, 0.1) is 20.1 Å². The van der Waals surface area contributed by atoms with Gasteiger partial charge in [-0.3, -0.25) is 4.79 Å². The predicted octanol–water partition coefficient (Wildman–Crippen LogP) is 3.14. The van der Waals surface area contributed by atoms with E-state index in [0.29, 0.717) is 12.4 Å². The van der Waals surface area contributed by atoms with E-state index in [1.54, 1.807) is 7.11 Å². The van der Waals surface area contributed by atoms with Crippen LogP contribution in [0.15, 0.2) is 10.5 Å². The summed E-state index contributed by atoms with van der Waals surface area (Å²) in [5.74, 6) is 0.626. The molecular formula is C14H17BrO4. The number of ether oxygens (including phenoxy) is 2. The highest BCUT2D eigenvalue weighted by molar-refractivity contribution is 9.10. The number of benzene rings is 1. The second kappa shape index (κ2) is 5.04. The maximum atomic E-state index is 11.0. The van der Waals surface area contributed by atoms with Crippen LogP contribution in [-0.4, -0.2) is 24.8 Å². The minimum atomic E-state index is -0.812. The van der Waals surface area contributed by atoms with Crippen LogP contribution in [-0.2, 0) is 16.6 Å². The largest absolute Gasteiger partial charge is 0.493 e. The molecule has 2 rings (SSSR count). The maximum absolute atomic E-state index is 11.0. The van der Waals surface area contributed by atoms with Crippen LogP contribution >= 0.6 is 15.9 Å². The molecule has 1 aromatic carbocycles. The molecule has 0 saturated heterocycles. The second-order valence-corrected chi connectivity index (χ2v) is 6.09. The van der Waals surface area contributed by atoms with Gasteiger partial charge in [-0.05, 0) is 11.6 Å². The third-order valence-corrected chi connectivity index (χ3v) is 4.32. The van der Waals surface area contributed by atoms with Gasteiger partial charge in [-0.15, -0.1) is 0 Å². The number of carboxylic acid groups (broad SMARTS) is 1. The van der Waals surface area contributed by atoms with Crippen molar-refractivity contribution in [1.82, 2.24) is 0 Å². The Hall–Kier alpha value is -1.23. The van der Waals surface area contributed by atoms with E-state index < -0.39 is 11.4 Å². The molecule has 0 unspecified atom stereocenters. The number of carbonyl (C=O) groups is 1. The first kappa shape index (κ1) is 14.2. The number of fused-ring (bicyclic) bond motifs is 1. The molecule has 0 saturated carbocycles. The first-order valence-electron chi connectivity index (χ1n) is 6.11. The van der Waals surface area contributed by atoms with Crippen molar-refractivity contribution < 1.29 is 19.4 Å². The fourth-order valence-electron chi connectivity index (χ4n) is 2.43. The monoisotopic (exact) mass is 328 g/mol. The average Bonchev–Trinajstić information content (AvgIpc) is 2.77. The number of aliphatic carboxylic acids is 1. The van der Waals surface area contributed by atoms with Crippen molar-refractivity contribution >= 4 is 21.9 Å². The molecule has 4 nitrogen and oxygen atoms in total. The molecular weight excluding hydrogens is 312 g/mol. The summed E-state index contributed by atoms with van der Waals surface area (Å²) in [6, 6.07) is 1.87. The molecule has 1 aliphatic rings. The highest BCUT2D eigenvalue weighted by Gasteiger charge is 2.31. The van der Waals surface area contributed by atoms with Crippen LogP contribution in [0.4, 0.5) is 0 Å². The van der Waals surface area contributed by atoms with Crippen LogP contribution in [0.1, 0.15) is 31.4 Å². The highest BCUT2D eigenvalue weighted by Crippen LogP contribution is 2.46. The number of halogens is 1. The van der Waals surface area contributed by atoms with Gasteiger partial charge in [-0.25, -0.2) is 0 Å². The Balaban J connectivity index is 2.55. The van der Waals surface area contributed by atoms with Gasteiger partial charge in [-0.2, -0.15) is 0 Å². The first-order chi connectivity index (χ1) is 8.86. The third kappa shape index (κ3) is 2.56. The van der Waals surface area contributed by atoms with Crippen molar-refractivity contribution in [2.45, 2.75) is 32.1 Å². The summed E-state index contributed by atoms with van der Waals surface area (Å²) in [6.45, 7) is 4.47. The summed E-state index contributed by atoms with van der Waals surface area (Å²) in [7, 11) is 1.60. The van der Waals surface area contributed by atoms with E-state index in [0.717, 1.165) is 27.8 Å².